The van der Waals surface area contributed by atoms with Gasteiger partial charge >= 0.3 is 5.97 Å². The van der Waals surface area contributed by atoms with Crippen LogP contribution in [0.1, 0.15) is 48.5 Å². The lowest BCUT2D eigenvalue weighted by Crippen LogP contribution is -2.21. The summed E-state index contributed by atoms with van der Waals surface area (Å²) in [6.45, 7) is 4.64. The molecule has 1 amide bonds. The van der Waals surface area contributed by atoms with Crippen LogP contribution in [0.2, 0.25) is 0 Å². The smallest absolute Gasteiger partial charge is 0.338 e. The molecule has 0 aliphatic heterocycles. The Kier molecular flexibility index (Phi) is 8.01. The van der Waals surface area contributed by atoms with Crippen LogP contribution in [0.15, 0.2) is 24.3 Å². The first-order valence-electron chi connectivity index (χ1n) is 8.75. The summed E-state index contributed by atoms with van der Waals surface area (Å²) < 4.78 is 5.16. The number of esters is 1. The number of aromatic nitrogens is 2. The highest BCUT2D eigenvalue weighted by Crippen LogP contribution is 2.16. The molecule has 0 radical (unpaired) electrons. The van der Waals surface area contributed by atoms with Crippen LogP contribution in [0, 0.1) is 0 Å². The molecule has 0 bridgehead atoms. The normalized spacial score (nSPS) is 10.4. The number of unbranched alkanes of at least 4 members (excludes halogenated alkanes) is 1. The molecule has 0 saturated carbocycles. The molecule has 0 aliphatic carbocycles. The number of anilines is 2. The molecule has 1 heterocycles. The van der Waals surface area contributed by atoms with Gasteiger partial charge in [-0.15, -0.1) is 10.2 Å². The second kappa shape index (κ2) is 10.5. The van der Waals surface area contributed by atoms with Crippen molar-refractivity contribution in [3.63, 3.8) is 0 Å². The lowest BCUT2D eigenvalue weighted by molar-refractivity contribution is -0.114. The lowest BCUT2D eigenvalue weighted by atomic mass is 10.2. The number of nitrogens with zero attached hydrogens (tertiary/aromatic N) is 2. The monoisotopic (exact) mass is 376 g/mol. The molecule has 2 rings (SSSR count). The highest BCUT2D eigenvalue weighted by molar-refractivity contribution is 7.15. The Morgan fingerprint density at radius 2 is 1.88 bits per heavy atom. The van der Waals surface area contributed by atoms with Crippen LogP contribution in [0.5, 0.6) is 0 Å². The highest BCUT2D eigenvalue weighted by atomic mass is 32.1. The summed E-state index contributed by atoms with van der Waals surface area (Å²) in [5.41, 5.74) is 1.24. The van der Waals surface area contributed by atoms with Gasteiger partial charge in [0.15, 0.2) is 0 Å². The summed E-state index contributed by atoms with van der Waals surface area (Å²) in [5.74, 6) is -0.533. The number of benzene rings is 1. The molecule has 0 unspecified atom stereocenters. The molecule has 1 aromatic heterocycles. The van der Waals surface area contributed by atoms with Gasteiger partial charge in [0.1, 0.15) is 5.01 Å². The first-order valence-corrected chi connectivity index (χ1v) is 9.57. The van der Waals surface area contributed by atoms with Gasteiger partial charge in [-0.1, -0.05) is 31.6 Å². The Labute approximate surface area is 157 Å². The topological polar surface area (TPSA) is 93.2 Å². The third-order valence-electron chi connectivity index (χ3n) is 3.48. The first-order chi connectivity index (χ1) is 12.6. The van der Waals surface area contributed by atoms with E-state index in [-0.39, 0.29) is 18.4 Å². The summed E-state index contributed by atoms with van der Waals surface area (Å²) in [7, 11) is 0. The Balaban J connectivity index is 1.77. The van der Waals surface area contributed by atoms with Crippen molar-refractivity contribution in [3.05, 3.63) is 34.8 Å². The molecule has 0 spiro atoms. The Bertz CT molecular complexity index is 715. The van der Waals surface area contributed by atoms with E-state index in [0.717, 1.165) is 36.4 Å². The van der Waals surface area contributed by atoms with Gasteiger partial charge in [0.2, 0.25) is 11.0 Å². The second-order valence-corrected chi connectivity index (χ2v) is 6.78. The molecule has 140 valence electrons. The van der Waals surface area contributed by atoms with E-state index >= 15 is 0 Å². The van der Waals surface area contributed by atoms with E-state index in [1.165, 1.54) is 11.3 Å². The molecule has 2 aromatic rings. The number of carbonyl (C=O) groups is 2. The van der Waals surface area contributed by atoms with Crippen molar-refractivity contribution >= 4 is 34.0 Å². The van der Waals surface area contributed by atoms with E-state index in [1.54, 1.807) is 24.3 Å². The average Bonchev–Trinajstić information content (AvgIpc) is 3.08. The Morgan fingerprint density at radius 3 is 2.58 bits per heavy atom. The van der Waals surface area contributed by atoms with Gasteiger partial charge < -0.3 is 10.1 Å². The van der Waals surface area contributed by atoms with E-state index in [9.17, 15) is 9.59 Å². The predicted molar refractivity (Wildman–Crippen MR) is 103 cm³/mol. The lowest BCUT2D eigenvalue weighted by Gasteiger charge is -2.07. The van der Waals surface area contributed by atoms with Crippen LogP contribution in [-0.2, 0) is 16.0 Å². The van der Waals surface area contributed by atoms with Gasteiger partial charge in [-0.05, 0) is 37.1 Å². The summed E-state index contributed by atoms with van der Waals surface area (Å²) >= 11 is 1.39. The second-order valence-electron chi connectivity index (χ2n) is 5.72. The standard InChI is InChI=1S/C18H24N4O3S/c1-3-5-11-25-17(24)13-7-9-14(10-8-13)19-12-15(23)20-18-22-21-16(26-18)6-4-2/h7-10,19H,3-6,11-12H2,1-2H3,(H,20,22,23). The molecule has 1 aromatic carbocycles. The molecule has 26 heavy (non-hydrogen) atoms. The molecule has 0 saturated heterocycles. The molecule has 0 fully saturated rings. The van der Waals surface area contributed by atoms with Gasteiger partial charge in [0.05, 0.1) is 18.7 Å². The van der Waals surface area contributed by atoms with Crippen molar-refractivity contribution in [3.8, 4) is 0 Å². The van der Waals surface area contributed by atoms with Crippen molar-refractivity contribution in [2.24, 2.45) is 0 Å². The fourth-order valence-corrected chi connectivity index (χ4v) is 2.94. The van der Waals surface area contributed by atoms with E-state index in [1.807, 2.05) is 6.92 Å². The third-order valence-corrected chi connectivity index (χ3v) is 4.38. The Hall–Kier alpha value is -2.48. The summed E-state index contributed by atoms with van der Waals surface area (Å²) in [6, 6.07) is 6.84. The van der Waals surface area contributed by atoms with Gasteiger partial charge in [0, 0.05) is 12.1 Å². The zero-order chi connectivity index (χ0) is 18.8. The first kappa shape index (κ1) is 19.8. The molecule has 8 heteroatoms. The summed E-state index contributed by atoms with van der Waals surface area (Å²) in [5, 5.41) is 15.1. The quantitative estimate of drug-likeness (QED) is 0.487. The largest absolute Gasteiger partial charge is 0.462 e. The Morgan fingerprint density at radius 1 is 1.12 bits per heavy atom. The molecular formula is C18H24N4O3S. The van der Waals surface area contributed by atoms with Crippen molar-refractivity contribution in [1.29, 1.82) is 0 Å². The van der Waals surface area contributed by atoms with Crippen LogP contribution in [-0.4, -0.2) is 35.2 Å². The van der Waals surface area contributed by atoms with Crippen LogP contribution < -0.4 is 10.6 Å². The average molecular weight is 376 g/mol. The maximum Gasteiger partial charge on any atom is 0.338 e. The molecular weight excluding hydrogens is 352 g/mol. The number of carbonyl (C=O) groups excluding carboxylic acids is 2. The zero-order valence-corrected chi connectivity index (χ0v) is 15.9. The van der Waals surface area contributed by atoms with Gasteiger partial charge in [0.25, 0.3) is 0 Å². The van der Waals surface area contributed by atoms with Crippen LogP contribution in [0.4, 0.5) is 10.8 Å². The van der Waals surface area contributed by atoms with E-state index in [2.05, 4.69) is 27.8 Å². The zero-order valence-electron chi connectivity index (χ0n) is 15.1. The van der Waals surface area contributed by atoms with Crippen LogP contribution >= 0.6 is 11.3 Å². The number of ether oxygens (including phenoxy) is 1. The van der Waals surface area contributed by atoms with E-state index in [0.29, 0.717) is 17.3 Å². The minimum atomic E-state index is -0.332. The number of rotatable bonds is 10. The number of aryl methyl sites for hydroxylation is 1. The summed E-state index contributed by atoms with van der Waals surface area (Å²) in [4.78, 5) is 23.8. The maximum atomic E-state index is 12.0. The van der Waals surface area contributed by atoms with Gasteiger partial charge in [-0.25, -0.2) is 4.79 Å². The van der Waals surface area contributed by atoms with E-state index in [4.69, 9.17) is 4.74 Å². The molecule has 0 aliphatic rings. The van der Waals surface area contributed by atoms with Crippen LogP contribution in [0.3, 0.4) is 0 Å². The molecule has 2 N–H and O–H groups in total. The SMILES string of the molecule is CCCCOC(=O)c1ccc(NCC(=O)Nc2nnc(CCC)s2)cc1. The van der Waals surface area contributed by atoms with Gasteiger partial charge in [-0.2, -0.15) is 0 Å². The van der Waals surface area contributed by atoms with Crippen molar-refractivity contribution in [2.75, 3.05) is 23.8 Å². The minimum absolute atomic E-state index is 0.100. The van der Waals surface area contributed by atoms with Crippen molar-refractivity contribution in [2.45, 2.75) is 39.5 Å². The highest BCUT2D eigenvalue weighted by Gasteiger charge is 2.09. The maximum absolute atomic E-state index is 12.0. The minimum Gasteiger partial charge on any atom is -0.462 e. The number of hydrogen-bond acceptors (Lipinski definition) is 7. The number of nitrogens with one attached hydrogen (secondary N) is 2. The summed E-state index contributed by atoms with van der Waals surface area (Å²) in [6.07, 6.45) is 3.69. The van der Waals surface area contributed by atoms with E-state index < -0.39 is 0 Å². The fourth-order valence-electron chi connectivity index (χ4n) is 2.08. The number of hydrogen-bond donors (Lipinski definition) is 2. The third kappa shape index (κ3) is 6.44. The van der Waals surface area contributed by atoms with Gasteiger partial charge in [-0.3, -0.25) is 10.1 Å². The number of amides is 1. The van der Waals surface area contributed by atoms with Crippen molar-refractivity contribution in [1.82, 2.24) is 10.2 Å². The molecule has 0 atom stereocenters. The van der Waals surface area contributed by atoms with Crippen LogP contribution in [0.25, 0.3) is 0 Å². The fraction of sp³-hybridized carbons (Fsp3) is 0.444. The van der Waals surface area contributed by atoms with Crippen molar-refractivity contribution < 1.29 is 14.3 Å². The molecule has 7 nitrogen and oxygen atoms in total. The predicted octanol–water partition coefficient (Wildman–Crippen LogP) is 3.50.